The summed E-state index contributed by atoms with van der Waals surface area (Å²) in [6.45, 7) is 12.7. The minimum atomic E-state index is -0.672. The van der Waals surface area contributed by atoms with E-state index in [1.807, 2.05) is 6.92 Å². The van der Waals surface area contributed by atoms with E-state index in [-0.39, 0.29) is 57.1 Å². The SMILES string of the molecule is CC1(C)[C@H]2CC[C@@]1(C)C(=O)/C2=C1\O[C@H]([C@H]2C(=O)[C@@]3(C)CC[C@@H]2C3(C)C)C1=O. The summed E-state index contributed by atoms with van der Waals surface area (Å²) in [7, 11) is 0. The van der Waals surface area contributed by atoms with Crippen LogP contribution in [0.25, 0.3) is 0 Å². The van der Waals surface area contributed by atoms with Crippen molar-refractivity contribution >= 4 is 17.3 Å². The molecule has 0 spiro atoms. The monoisotopic (exact) mass is 370 g/mol. The molecule has 4 bridgehead atoms. The van der Waals surface area contributed by atoms with Gasteiger partial charge < -0.3 is 4.74 Å². The number of ether oxygens (including phenoxy) is 1. The Labute approximate surface area is 161 Å². The molecule has 0 unspecified atom stereocenters. The molecule has 1 aliphatic heterocycles. The summed E-state index contributed by atoms with van der Waals surface area (Å²) < 4.78 is 6.03. The number of allylic oxidation sites excluding steroid dienone is 1. The van der Waals surface area contributed by atoms with Crippen molar-refractivity contribution in [3.8, 4) is 0 Å². The second-order valence-corrected chi connectivity index (χ2v) is 11.2. The van der Waals surface area contributed by atoms with Crippen molar-refractivity contribution in [2.24, 2.45) is 39.4 Å². The molecule has 0 amide bonds. The summed E-state index contributed by atoms with van der Waals surface area (Å²) in [6.07, 6.45) is 3.03. The van der Waals surface area contributed by atoms with Gasteiger partial charge in [-0.1, -0.05) is 41.5 Å². The number of hydrogen-bond acceptors (Lipinski definition) is 4. The van der Waals surface area contributed by atoms with Gasteiger partial charge in [-0.25, -0.2) is 0 Å². The van der Waals surface area contributed by atoms with Crippen LogP contribution >= 0.6 is 0 Å². The van der Waals surface area contributed by atoms with E-state index in [0.717, 1.165) is 25.7 Å². The predicted octanol–water partition coefficient (Wildman–Crippen LogP) is 3.88. The summed E-state index contributed by atoms with van der Waals surface area (Å²) in [5.74, 6) is 0.420. The molecule has 6 atom stereocenters. The van der Waals surface area contributed by atoms with Crippen LogP contribution in [0.1, 0.15) is 67.2 Å². The van der Waals surface area contributed by atoms with Crippen LogP contribution in [0.5, 0.6) is 0 Å². The average molecular weight is 370 g/mol. The van der Waals surface area contributed by atoms with Crippen LogP contribution in [0, 0.1) is 39.4 Å². The maximum Gasteiger partial charge on any atom is 0.238 e. The highest BCUT2D eigenvalue weighted by atomic mass is 16.5. The number of fused-ring (bicyclic) bond motifs is 4. The Morgan fingerprint density at radius 3 is 1.96 bits per heavy atom. The standard InChI is InChI=1S/C23H30O4/c1-20(2)11-7-9-22(20,5)18(25)13(11)16-15(24)17(27-16)14-12-8-10-23(6,19(14)26)21(12,3)4/h11-13,16H,7-10H2,1-6H3/b17-14-/t11-,12-,13-,16+,22+,23-/m0/s1. The van der Waals surface area contributed by atoms with Gasteiger partial charge in [-0.15, -0.1) is 0 Å². The van der Waals surface area contributed by atoms with Crippen LogP contribution in [0.15, 0.2) is 11.3 Å². The van der Waals surface area contributed by atoms with Crippen LogP contribution in [0.4, 0.5) is 0 Å². The van der Waals surface area contributed by atoms with Crippen molar-refractivity contribution in [3.63, 3.8) is 0 Å². The first-order valence-corrected chi connectivity index (χ1v) is 10.4. The number of hydrogen-bond donors (Lipinski definition) is 0. The fraction of sp³-hybridized carbons (Fsp3) is 0.783. The van der Waals surface area contributed by atoms with E-state index in [4.69, 9.17) is 4.74 Å². The van der Waals surface area contributed by atoms with Gasteiger partial charge in [-0.2, -0.15) is 0 Å². The van der Waals surface area contributed by atoms with Crippen molar-refractivity contribution in [2.75, 3.05) is 0 Å². The van der Waals surface area contributed by atoms with Crippen LogP contribution in [-0.2, 0) is 19.1 Å². The largest absolute Gasteiger partial charge is 0.477 e. The van der Waals surface area contributed by atoms with Crippen molar-refractivity contribution in [1.29, 1.82) is 0 Å². The molecular weight excluding hydrogens is 340 g/mol. The van der Waals surface area contributed by atoms with E-state index >= 15 is 0 Å². The van der Waals surface area contributed by atoms with E-state index in [9.17, 15) is 14.4 Å². The van der Waals surface area contributed by atoms with Crippen molar-refractivity contribution in [3.05, 3.63) is 11.3 Å². The quantitative estimate of drug-likeness (QED) is 0.657. The molecule has 4 aliphatic carbocycles. The van der Waals surface area contributed by atoms with Crippen LogP contribution in [0.2, 0.25) is 0 Å². The summed E-state index contributed by atoms with van der Waals surface area (Å²) in [5, 5.41) is 0. The summed E-state index contributed by atoms with van der Waals surface area (Å²) in [5.41, 5.74) is -0.368. The molecule has 0 aromatic carbocycles. The summed E-state index contributed by atoms with van der Waals surface area (Å²) >= 11 is 0. The Hall–Kier alpha value is -1.45. The molecule has 27 heavy (non-hydrogen) atoms. The second kappa shape index (κ2) is 4.58. The Morgan fingerprint density at radius 1 is 0.852 bits per heavy atom. The van der Waals surface area contributed by atoms with Gasteiger partial charge in [0.05, 0.1) is 5.92 Å². The molecule has 146 valence electrons. The minimum Gasteiger partial charge on any atom is -0.477 e. The molecule has 0 aromatic rings. The smallest absolute Gasteiger partial charge is 0.238 e. The molecule has 4 nitrogen and oxygen atoms in total. The third-order valence-corrected chi connectivity index (χ3v) is 10.2. The molecule has 1 saturated heterocycles. The Balaban J connectivity index is 1.48. The molecule has 1 heterocycles. The number of Topliss-reactive ketones (excluding diaryl/α,β-unsaturated/α-hetero) is 3. The first-order valence-electron chi connectivity index (χ1n) is 10.4. The zero-order valence-corrected chi connectivity index (χ0v) is 17.3. The molecule has 0 N–H and O–H groups in total. The fourth-order valence-corrected chi connectivity index (χ4v) is 7.38. The molecular formula is C23H30O4. The fourth-order valence-electron chi connectivity index (χ4n) is 7.38. The third kappa shape index (κ3) is 1.59. The molecule has 5 rings (SSSR count). The normalized spacial score (nSPS) is 51.7. The molecule has 5 fully saturated rings. The summed E-state index contributed by atoms with van der Waals surface area (Å²) in [6, 6.07) is 0. The Kier molecular flexibility index (Phi) is 2.99. The van der Waals surface area contributed by atoms with Gasteiger partial charge in [0.15, 0.2) is 17.6 Å². The highest BCUT2D eigenvalue weighted by Crippen LogP contribution is 2.69. The molecule has 4 heteroatoms. The van der Waals surface area contributed by atoms with Crippen molar-refractivity contribution in [1.82, 2.24) is 0 Å². The minimum absolute atomic E-state index is 0.0945. The van der Waals surface area contributed by atoms with Gasteiger partial charge in [-0.3, -0.25) is 14.4 Å². The number of ketones is 3. The number of rotatable bonds is 1. The van der Waals surface area contributed by atoms with Gasteiger partial charge in [0.25, 0.3) is 0 Å². The van der Waals surface area contributed by atoms with Gasteiger partial charge >= 0.3 is 0 Å². The van der Waals surface area contributed by atoms with E-state index in [2.05, 4.69) is 34.6 Å². The molecule has 4 saturated carbocycles. The maximum atomic E-state index is 13.1. The number of carbonyl (C=O) groups excluding carboxylic acids is 3. The first-order chi connectivity index (χ1) is 12.4. The topological polar surface area (TPSA) is 60.4 Å². The van der Waals surface area contributed by atoms with Crippen LogP contribution in [0.3, 0.4) is 0 Å². The van der Waals surface area contributed by atoms with Crippen LogP contribution in [-0.4, -0.2) is 23.5 Å². The Bertz CT molecular complexity index is 846. The van der Waals surface area contributed by atoms with Gasteiger partial charge in [0, 0.05) is 16.4 Å². The lowest BCUT2D eigenvalue weighted by molar-refractivity contribution is -0.156. The molecule has 0 radical (unpaired) electrons. The van der Waals surface area contributed by atoms with Gasteiger partial charge in [0.1, 0.15) is 5.78 Å². The van der Waals surface area contributed by atoms with E-state index in [1.54, 1.807) is 0 Å². The lowest BCUT2D eigenvalue weighted by atomic mass is 9.70. The maximum absolute atomic E-state index is 13.1. The van der Waals surface area contributed by atoms with E-state index < -0.39 is 11.5 Å². The number of carbonyl (C=O) groups is 3. The lowest BCUT2D eigenvalue weighted by Crippen LogP contribution is -2.50. The van der Waals surface area contributed by atoms with E-state index in [0.29, 0.717) is 5.57 Å². The highest BCUT2D eigenvalue weighted by molar-refractivity contribution is 6.15. The van der Waals surface area contributed by atoms with Gasteiger partial charge in [0.2, 0.25) is 5.78 Å². The zero-order valence-electron chi connectivity index (χ0n) is 17.3. The lowest BCUT2D eigenvalue weighted by Gasteiger charge is -2.39. The second-order valence-electron chi connectivity index (χ2n) is 11.2. The molecule has 0 aromatic heterocycles. The average Bonchev–Trinajstić information content (AvgIpc) is 3.07. The Morgan fingerprint density at radius 2 is 1.48 bits per heavy atom. The van der Waals surface area contributed by atoms with Crippen molar-refractivity contribution < 1.29 is 19.1 Å². The van der Waals surface area contributed by atoms with Crippen molar-refractivity contribution in [2.45, 2.75) is 73.3 Å². The highest BCUT2D eigenvalue weighted by Gasteiger charge is 2.71. The predicted molar refractivity (Wildman–Crippen MR) is 99.6 cm³/mol. The molecule has 5 aliphatic rings. The first kappa shape index (κ1) is 17.6. The summed E-state index contributed by atoms with van der Waals surface area (Å²) in [4.78, 5) is 39.4. The van der Waals surface area contributed by atoms with Crippen LogP contribution < -0.4 is 0 Å². The zero-order chi connectivity index (χ0) is 19.7. The third-order valence-electron chi connectivity index (χ3n) is 10.2. The van der Waals surface area contributed by atoms with E-state index in [1.165, 1.54) is 0 Å². The van der Waals surface area contributed by atoms with Gasteiger partial charge in [-0.05, 0) is 48.3 Å².